The van der Waals surface area contributed by atoms with E-state index in [1.54, 1.807) is 39.4 Å². The number of carbonyl (C=O) groups excluding carboxylic acids is 1. The molecule has 3 nitrogen and oxygen atoms in total. The minimum atomic E-state index is -0.0200. The van der Waals surface area contributed by atoms with E-state index >= 15 is 0 Å². The van der Waals surface area contributed by atoms with Crippen molar-refractivity contribution < 1.29 is 9.53 Å². The summed E-state index contributed by atoms with van der Waals surface area (Å²) in [6, 6.07) is 5.26. The summed E-state index contributed by atoms with van der Waals surface area (Å²) in [7, 11) is 5.04. The third-order valence-electron chi connectivity index (χ3n) is 1.80. The smallest absolute Gasteiger partial charge is 0.253 e. The van der Waals surface area contributed by atoms with Crippen molar-refractivity contribution in [1.82, 2.24) is 4.90 Å². The van der Waals surface area contributed by atoms with Crippen LogP contribution in [0.15, 0.2) is 22.7 Å². The van der Waals surface area contributed by atoms with E-state index < -0.39 is 0 Å². The normalized spacial score (nSPS) is 9.71. The van der Waals surface area contributed by atoms with Gasteiger partial charge in [-0.1, -0.05) is 0 Å². The van der Waals surface area contributed by atoms with Crippen LogP contribution in [0.4, 0.5) is 0 Å². The minimum absolute atomic E-state index is 0.0200. The summed E-state index contributed by atoms with van der Waals surface area (Å²) < 4.78 is 5.85. The van der Waals surface area contributed by atoms with Crippen LogP contribution in [0.5, 0.6) is 5.75 Å². The zero-order valence-electron chi connectivity index (χ0n) is 8.37. The van der Waals surface area contributed by atoms with Crippen molar-refractivity contribution >= 4 is 21.8 Å². The predicted molar refractivity (Wildman–Crippen MR) is 58.7 cm³/mol. The molecular formula is C10H12BrNO2. The Balaban J connectivity index is 3.03. The maximum absolute atomic E-state index is 11.6. The van der Waals surface area contributed by atoms with Gasteiger partial charge in [-0.2, -0.15) is 0 Å². The summed E-state index contributed by atoms with van der Waals surface area (Å²) >= 11 is 3.33. The van der Waals surface area contributed by atoms with Crippen LogP contribution in [0, 0.1) is 0 Å². The number of amides is 1. The van der Waals surface area contributed by atoms with E-state index in [0.29, 0.717) is 5.56 Å². The van der Waals surface area contributed by atoms with Gasteiger partial charge in [0.15, 0.2) is 0 Å². The van der Waals surface area contributed by atoms with Crippen molar-refractivity contribution in [2.45, 2.75) is 0 Å². The van der Waals surface area contributed by atoms with E-state index in [-0.39, 0.29) is 5.91 Å². The molecule has 0 heterocycles. The fourth-order valence-corrected chi connectivity index (χ4v) is 1.60. The molecule has 0 radical (unpaired) electrons. The second-order valence-electron chi connectivity index (χ2n) is 3.05. The third kappa shape index (κ3) is 2.26. The molecule has 0 aromatic heterocycles. The highest BCUT2D eigenvalue weighted by Crippen LogP contribution is 2.25. The van der Waals surface area contributed by atoms with Gasteiger partial charge in [0.25, 0.3) is 5.91 Å². The first-order valence-corrected chi connectivity index (χ1v) is 4.90. The number of ether oxygens (including phenoxy) is 1. The lowest BCUT2D eigenvalue weighted by Gasteiger charge is -2.11. The number of nitrogens with zero attached hydrogens (tertiary/aromatic N) is 1. The number of hydrogen-bond donors (Lipinski definition) is 0. The van der Waals surface area contributed by atoms with Gasteiger partial charge >= 0.3 is 0 Å². The predicted octanol–water partition coefficient (Wildman–Crippen LogP) is 2.16. The summed E-state index contributed by atoms with van der Waals surface area (Å²) in [6.07, 6.45) is 0. The maximum Gasteiger partial charge on any atom is 0.253 e. The minimum Gasteiger partial charge on any atom is -0.496 e. The molecule has 0 unspecified atom stereocenters. The van der Waals surface area contributed by atoms with Crippen LogP contribution in [0.25, 0.3) is 0 Å². The molecule has 0 aliphatic rings. The number of methoxy groups -OCH3 is 1. The molecule has 14 heavy (non-hydrogen) atoms. The molecule has 0 bridgehead atoms. The average Bonchev–Trinajstić information content (AvgIpc) is 2.16. The first kappa shape index (κ1) is 11.0. The van der Waals surface area contributed by atoms with Gasteiger partial charge in [-0.3, -0.25) is 4.79 Å². The molecule has 76 valence electrons. The first-order valence-electron chi connectivity index (χ1n) is 4.11. The van der Waals surface area contributed by atoms with Gasteiger partial charge < -0.3 is 9.64 Å². The van der Waals surface area contributed by atoms with Gasteiger partial charge in [0.2, 0.25) is 0 Å². The first-order chi connectivity index (χ1) is 6.56. The second kappa shape index (κ2) is 4.46. The van der Waals surface area contributed by atoms with Gasteiger partial charge in [0.05, 0.1) is 11.6 Å². The summed E-state index contributed by atoms with van der Waals surface area (Å²) in [5, 5.41) is 0. The molecule has 0 aliphatic heterocycles. The highest BCUT2D eigenvalue weighted by molar-refractivity contribution is 9.10. The number of benzene rings is 1. The largest absolute Gasteiger partial charge is 0.496 e. The van der Waals surface area contributed by atoms with Gasteiger partial charge in [-0.15, -0.1) is 0 Å². The molecule has 0 atom stereocenters. The van der Waals surface area contributed by atoms with E-state index in [4.69, 9.17) is 4.74 Å². The molecular weight excluding hydrogens is 246 g/mol. The molecule has 0 saturated carbocycles. The summed E-state index contributed by atoms with van der Waals surface area (Å²) in [4.78, 5) is 13.1. The Morgan fingerprint density at radius 1 is 1.43 bits per heavy atom. The molecule has 1 rings (SSSR count). The number of rotatable bonds is 2. The molecule has 1 aromatic rings. The molecule has 0 fully saturated rings. The van der Waals surface area contributed by atoms with Crippen LogP contribution < -0.4 is 4.74 Å². The monoisotopic (exact) mass is 257 g/mol. The number of hydrogen-bond acceptors (Lipinski definition) is 2. The Labute approximate surface area is 91.8 Å². The lowest BCUT2D eigenvalue weighted by Crippen LogP contribution is -2.21. The molecule has 0 saturated heterocycles. The lowest BCUT2D eigenvalue weighted by atomic mass is 10.2. The van der Waals surface area contributed by atoms with Crippen LogP contribution >= 0.6 is 15.9 Å². The zero-order valence-corrected chi connectivity index (χ0v) is 9.96. The molecule has 1 aromatic carbocycles. The second-order valence-corrected chi connectivity index (χ2v) is 3.90. The lowest BCUT2D eigenvalue weighted by molar-refractivity contribution is 0.0827. The average molecular weight is 258 g/mol. The van der Waals surface area contributed by atoms with Gasteiger partial charge in [-0.05, 0) is 34.1 Å². The fourth-order valence-electron chi connectivity index (χ4n) is 1.06. The topological polar surface area (TPSA) is 29.5 Å². The molecule has 0 N–H and O–H groups in total. The molecule has 0 spiro atoms. The van der Waals surface area contributed by atoms with Gasteiger partial charge in [0, 0.05) is 19.7 Å². The van der Waals surface area contributed by atoms with Crippen LogP contribution in [-0.4, -0.2) is 32.0 Å². The Hall–Kier alpha value is -1.03. The van der Waals surface area contributed by atoms with Crippen LogP contribution in [0.1, 0.15) is 10.4 Å². The standard InChI is InChI=1S/C10H12BrNO2/c1-12(2)10(13)7-4-5-9(14-3)8(11)6-7/h4-6H,1-3H3. The van der Waals surface area contributed by atoms with Crippen LogP contribution in [0.3, 0.4) is 0 Å². The zero-order chi connectivity index (χ0) is 10.7. The van der Waals surface area contributed by atoms with E-state index in [1.807, 2.05) is 0 Å². The van der Waals surface area contributed by atoms with Crippen molar-refractivity contribution in [1.29, 1.82) is 0 Å². The summed E-state index contributed by atoms with van der Waals surface area (Å²) in [5.41, 5.74) is 0.641. The highest BCUT2D eigenvalue weighted by Gasteiger charge is 2.09. The Morgan fingerprint density at radius 2 is 2.07 bits per heavy atom. The Kier molecular flexibility index (Phi) is 3.52. The van der Waals surface area contributed by atoms with Crippen molar-refractivity contribution in [3.05, 3.63) is 28.2 Å². The number of halogens is 1. The molecule has 0 aliphatic carbocycles. The quantitative estimate of drug-likeness (QED) is 0.813. The summed E-state index contributed by atoms with van der Waals surface area (Å²) in [6.45, 7) is 0. The Morgan fingerprint density at radius 3 is 2.50 bits per heavy atom. The van der Waals surface area contributed by atoms with E-state index in [2.05, 4.69) is 15.9 Å². The van der Waals surface area contributed by atoms with Crippen molar-refractivity contribution in [3.63, 3.8) is 0 Å². The number of carbonyl (C=O) groups is 1. The SMILES string of the molecule is COc1ccc(C(=O)N(C)C)cc1Br. The van der Waals surface area contributed by atoms with Crippen molar-refractivity contribution in [3.8, 4) is 5.75 Å². The van der Waals surface area contributed by atoms with Crippen molar-refractivity contribution in [2.24, 2.45) is 0 Å². The van der Waals surface area contributed by atoms with E-state index in [0.717, 1.165) is 10.2 Å². The van der Waals surface area contributed by atoms with Crippen molar-refractivity contribution in [2.75, 3.05) is 21.2 Å². The highest BCUT2D eigenvalue weighted by atomic mass is 79.9. The van der Waals surface area contributed by atoms with E-state index in [9.17, 15) is 4.79 Å². The van der Waals surface area contributed by atoms with Crippen LogP contribution in [0.2, 0.25) is 0 Å². The fraction of sp³-hybridized carbons (Fsp3) is 0.300. The third-order valence-corrected chi connectivity index (χ3v) is 2.42. The molecule has 1 amide bonds. The molecule has 4 heteroatoms. The Bertz CT molecular complexity index is 350. The maximum atomic E-state index is 11.6. The van der Waals surface area contributed by atoms with Crippen LogP contribution in [-0.2, 0) is 0 Å². The van der Waals surface area contributed by atoms with Gasteiger partial charge in [0.1, 0.15) is 5.75 Å². The van der Waals surface area contributed by atoms with Gasteiger partial charge in [-0.25, -0.2) is 0 Å². The summed E-state index contributed by atoms with van der Waals surface area (Å²) in [5.74, 6) is 0.702. The van der Waals surface area contributed by atoms with E-state index in [1.165, 1.54) is 4.90 Å².